The van der Waals surface area contributed by atoms with Crippen molar-refractivity contribution in [3.63, 3.8) is 0 Å². The zero-order chi connectivity index (χ0) is 12.6. The van der Waals surface area contributed by atoms with E-state index in [4.69, 9.17) is 5.11 Å². The minimum Gasteiger partial charge on any atom is -0.480 e. The molecule has 1 fully saturated rings. The SMILES string of the molecule is Cc1cc(C(=O)N2CSC[C@H]2C(=O)O)n(C)n1. The summed E-state index contributed by atoms with van der Waals surface area (Å²) in [6.45, 7) is 1.80. The summed E-state index contributed by atoms with van der Waals surface area (Å²) in [5.41, 5.74) is 1.17. The number of hydrogen-bond acceptors (Lipinski definition) is 4. The van der Waals surface area contributed by atoms with Crippen molar-refractivity contribution in [2.75, 3.05) is 11.6 Å². The molecule has 1 aromatic heterocycles. The van der Waals surface area contributed by atoms with Gasteiger partial charge >= 0.3 is 5.97 Å². The highest BCUT2D eigenvalue weighted by atomic mass is 32.2. The van der Waals surface area contributed by atoms with E-state index < -0.39 is 12.0 Å². The monoisotopic (exact) mass is 255 g/mol. The third-order valence-electron chi connectivity index (χ3n) is 2.65. The number of aliphatic carboxylic acids is 1. The molecular formula is C10H13N3O3S. The quantitative estimate of drug-likeness (QED) is 0.824. The van der Waals surface area contributed by atoms with Crippen LogP contribution in [0.15, 0.2) is 6.07 Å². The molecule has 0 aliphatic carbocycles. The molecule has 0 saturated carbocycles. The molecule has 1 aromatic rings. The summed E-state index contributed by atoms with van der Waals surface area (Å²) in [5.74, 6) is -0.370. The number of hydrogen-bond donors (Lipinski definition) is 1. The second kappa shape index (κ2) is 4.40. The van der Waals surface area contributed by atoms with Crippen LogP contribution in [0.1, 0.15) is 16.2 Å². The summed E-state index contributed by atoms with van der Waals surface area (Å²) >= 11 is 1.45. The molecular weight excluding hydrogens is 242 g/mol. The maximum absolute atomic E-state index is 12.2. The van der Waals surface area contributed by atoms with Crippen molar-refractivity contribution < 1.29 is 14.7 Å². The Morgan fingerprint density at radius 1 is 1.59 bits per heavy atom. The maximum atomic E-state index is 12.2. The summed E-state index contributed by atoms with van der Waals surface area (Å²) < 4.78 is 1.49. The summed E-state index contributed by atoms with van der Waals surface area (Å²) in [5, 5.41) is 13.1. The highest BCUT2D eigenvalue weighted by Gasteiger charge is 2.36. The van der Waals surface area contributed by atoms with Gasteiger partial charge in [-0.3, -0.25) is 9.48 Å². The molecule has 1 atom stereocenters. The third kappa shape index (κ3) is 2.14. The largest absolute Gasteiger partial charge is 0.480 e. The Labute approximate surface area is 103 Å². The molecule has 0 bridgehead atoms. The smallest absolute Gasteiger partial charge is 0.327 e. The lowest BCUT2D eigenvalue weighted by Crippen LogP contribution is -2.42. The van der Waals surface area contributed by atoms with E-state index in [0.29, 0.717) is 17.3 Å². The molecule has 6 nitrogen and oxygen atoms in total. The lowest BCUT2D eigenvalue weighted by atomic mass is 10.2. The van der Waals surface area contributed by atoms with E-state index >= 15 is 0 Å². The number of aryl methyl sites for hydroxylation is 2. The number of thioether (sulfide) groups is 1. The number of carboxylic acid groups (broad SMARTS) is 1. The van der Waals surface area contributed by atoms with Crippen molar-refractivity contribution in [1.82, 2.24) is 14.7 Å². The van der Waals surface area contributed by atoms with Crippen LogP contribution in [0.5, 0.6) is 0 Å². The number of rotatable bonds is 2. The van der Waals surface area contributed by atoms with Gasteiger partial charge in [0.25, 0.3) is 5.91 Å². The van der Waals surface area contributed by atoms with Gasteiger partial charge in [-0.15, -0.1) is 11.8 Å². The van der Waals surface area contributed by atoms with Gasteiger partial charge in [0, 0.05) is 12.8 Å². The van der Waals surface area contributed by atoms with Gasteiger partial charge in [0.2, 0.25) is 0 Å². The molecule has 2 heterocycles. The molecule has 0 spiro atoms. The zero-order valence-corrected chi connectivity index (χ0v) is 10.4. The molecule has 0 unspecified atom stereocenters. The molecule has 1 aliphatic rings. The predicted octanol–water partition coefficient (Wildman–Crippen LogP) is 0.328. The Balaban J connectivity index is 2.25. The first-order chi connectivity index (χ1) is 8.00. The molecule has 17 heavy (non-hydrogen) atoms. The van der Waals surface area contributed by atoms with E-state index in [0.717, 1.165) is 5.69 Å². The molecule has 1 N–H and O–H groups in total. The van der Waals surface area contributed by atoms with Gasteiger partial charge in [0.15, 0.2) is 0 Å². The van der Waals surface area contributed by atoms with Gasteiger partial charge in [-0.05, 0) is 13.0 Å². The van der Waals surface area contributed by atoms with Crippen molar-refractivity contribution >= 4 is 23.6 Å². The van der Waals surface area contributed by atoms with Gasteiger partial charge < -0.3 is 10.0 Å². The highest BCUT2D eigenvalue weighted by Crippen LogP contribution is 2.23. The number of amides is 1. The number of aromatic nitrogens is 2. The number of carboxylic acids is 1. The van der Waals surface area contributed by atoms with Crippen LogP contribution in [0.3, 0.4) is 0 Å². The second-order valence-electron chi connectivity index (χ2n) is 3.92. The Kier molecular flexibility index (Phi) is 3.10. The minimum atomic E-state index is -0.956. The van der Waals surface area contributed by atoms with E-state index in [1.54, 1.807) is 20.0 Å². The number of carbonyl (C=O) groups excluding carboxylic acids is 1. The third-order valence-corrected chi connectivity index (χ3v) is 3.66. The van der Waals surface area contributed by atoms with Crippen molar-refractivity contribution in [1.29, 1.82) is 0 Å². The van der Waals surface area contributed by atoms with Crippen molar-refractivity contribution in [3.05, 3.63) is 17.5 Å². The van der Waals surface area contributed by atoms with E-state index in [-0.39, 0.29) is 5.91 Å². The zero-order valence-electron chi connectivity index (χ0n) is 9.58. The molecule has 92 valence electrons. The first-order valence-electron chi connectivity index (χ1n) is 5.13. The van der Waals surface area contributed by atoms with Crippen LogP contribution >= 0.6 is 11.8 Å². The van der Waals surface area contributed by atoms with Crippen LogP contribution in [0.25, 0.3) is 0 Å². The van der Waals surface area contributed by atoms with E-state index in [1.807, 2.05) is 0 Å². The summed E-state index contributed by atoms with van der Waals surface area (Å²) in [6.07, 6.45) is 0. The normalized spacial score (nSPS) is 19.6. The van der Waals surface area contributed by atoms with Crippen LogP contribution in [-0.2, 0) is 11.8 Å². The molecule has 1 amide bonds. The standard InChI is InChI=1S/C10H13N3O3S/c1-6-3-7(12(2)11-6)9(14)13-5-17-4-8(13)10(15)16/h3,8H,4-5H2,1-2H3,(H,15,16)/t8-/m0/s1. The second-order valence-corrected chi connectivity index (χ2v) is 4.92. The molecule has 7 heteroatoms. The lowest BCUT2D eigenvalue weighted by molar-refractivity contribution is -0.140. The molecule has 1 saturated heterocycles. The Morgan fingerprint density at radius 2 is 2.29 bits per heavy atom. The number of carbonyl (C=O) groups is 2. The van der Waals surface area contributed by atoms with Gasteiger partial charge in [-0.2, -0.15) is 5.10 Å². The Morgan fingerprint density at radius 3 is 2.82 bits per heavy atom. The van der Waals surface area contributed by atoms with Crippen LogP contribution in [-0.4, -0.2) is 49.3 Å². The predicted molar refractivity (Wildman–Crippen MR) is 62.9 cm³/mol. The van der Waals surface area contributed by atoms with Crippen LogP contribution in [0.4, 0.5) is 0 Å². The Bertz CT molecular complexity index is 471. The van der Waals surface area contributed by atoms with Crippen LogP contribution in [0, 0.1) is 6.92 Å². The highest BCUT2D eigenvalue weighted by molar-refractivity contribution is 7.99. The van der Waals surface area contributed by atoms with Crippen LogP contribution in [0.2, 0.25) is 0 Å². The first kappa shape index (κ1) is 12.0. The summed E-state index contributed by atoms with van der Waals surface area (Å²) in [7, 11) is 1.68. The van der Waals surface area contributed by atoms with Crippen molar-refractivity contribution in [3.8, 4) is 0 Å². The molecule has 2 rings (SSSR count). The van der Waals surface area contributed by atoms with E-state index in [9.17, 15) is 9.59 Å². The minimum absolute atomic E-state index is 0.273. The first-order valence-corrected chi connectivity index (χ1v) is 6.28. The fraction of sp³-hybridized carbons (Fsp3) is 0.500. The van der Waals surface area contributed by atoms with Gasteiger partial charge in [-0.25, -0.2) is 4.79 Å². The van der Waals surface area contributed by atoms with Gasteiger partial charge in [-0.1, -0.05) is 0 Å². The maximum Gasteiger partial charge on any atom is 0.327 e. The summed E-state index contributed by atoms with van der Waals surface area (Å²) in [4.78, 5) is 24.6. The molecule has 0 aromatic carbocycles. The van der Waals surface area contributed by atoms with Crippen LogP contribution < -0.4 is 0 Å². The topological polar surface area (TPSA) is 75.4 Å². The van der Waals surface area contributed by atoms with Crippen molar-refractivity contribution in [2.24, 2.45) is 7.05 Å². The fourth-order valence-corrected chi connectivity index (χ4v) is 2.95. The average Bonchev–Trinajstić information content (AvgIpc) is 2.83. The lowest BCUT2D eigenvalue weighted by Gasteiger charge is -2.20. The fourth-order valence-electron chi connectivity index (χ4n) is 1.81. The molecule has 1 aliphatic heterocycles. The average molecular weight is 255 g/mol. The number of nitrogens with zero attached hydrogens (tertiary/aromatic N) is 3. The van der Waals surface area contributed by atoms with Gasteiger partial charge in [0.1, 0.15) is 11.7 Å². The van der Waals surface area contributed by atoms with Crippen molar-refractivity contribution in [2.45, 2.75) is 13.0 Å². The van der Waals surface area contributed by atoms with E-state index in [1.165, 1.54) is 21.3 Å². The summed E-state index contributed by atoms with van der Waals surface area (Å²) in [6, 6.07) is 0.937. The molecule has 0 radical (unpaired) electrons. The Hall–Kier alpha value is -1.50. The van der Waals surface area contributed by atoms with Gasteiger partial charge in [0.05, 0.1) is 11.6 Å². The van der Waals surface area contributed by atoms with E-state index in [2.05, 4.69) is 5.10 Å².